The molecule has 1 saturated heterocycles. The second-order valence-corrected chi connectivity index (χ2v) is 5.96. The fourth-order valence-corrected chi connectivity index (χ4v) is 3.31. The summed E-state index contributed by atoms with van der Waals surface area (Å²) in [5, 5.41) is 1.06. The number of piperidine rings is 1. The number of likely N-dealkylation sites (tertiary alicyclic amines) is 1. The summed E-state index contributed by atoms with van der Waals surface area (Å²) < 4.78 is 0. The average Bonchev–Trinajstić information content (AvgIpc) is 2.93. The van der Waals surface area contributed by atoms with E-state index in [1.54, 1.807) is 0 Å². The highest BCUT2D eigenvalue weighted by molar-refractivity contribution is 7.59. The van der Waals surface area contributed by atoms with Crippen molar-refractivity contribution in [3.05, 3.63) is 30.1 Å². The van der Waals surface area contributed by atoms with Crippen molar-refractivity contribution in [3.8, 4) is 0 Å². The molecule has 1 fully saturated rings. The first-order chi connectivity index (χ1) is 10.2. The summed E-state index contributed by atoms with van der Waals surface area (Å²) in [6, 6.07) is 8.03. The molecule has 0 bridgehead atoms. The highest BCUT2D eigenvalue weighted by Gasteiger charge is 2.23. The lowest BCUT2D eigenvalue weighted by atomic mass is 9.98. The summed E-state index contributed by atoms with van der Waals surface area (Å²) in [7, 11) is 2.17. The van der Waals surface area contributed by atoms with E-state index in [9.17, 15) is 0 Å². The Bertz CT molecular complexity index is 813. The summed E-state index contributed by atoms with van der Waals surface area (Å²) in [6.07, 6.45) is 2.39. The zero-order chi connectivity index (χ0) is 14.4. The Morgan fingerprint density at radius 3 is 2.91 bits per heavy atom. The Labute approximate surface area is 136 Å². The Balaban J connectivity index is 0.00000144. The quantitative estimate of drug-likeness (QED) is 0.724. The van der Waals surface area contributed by atoms with Gasteiger partial charge in [-0.05, 0) is 32.5 Å². The number of nitrogens with two attached hydrogens (primary N) is 1. The van der Waals surface area contributed by atoms with Crippen LogP contribution in [0.25, 0.3) is 21.9 Å². The van der Waals surface area contributed by atoms with Crippen LogP contribution in [0.3, 0.4) is 0 Å². The Morgan fingerprint density at radius 2 is 2.09 bits per heavy atom. The maximum Gasteiger partial charge on any atom is 0.150 e. The van der Waals surface area contributed by atoms with Crippen LogP contribution in [-0.4, -0.2) is 40.0 Å². The summed E-state index contributed by atoms with van der Waals surface area (Å²) in [5.41, 5.74) is 8.82. The number of likely N-dealkylation sites (N-methyl/N-ethyl adjacent to an activating group) is 1. The molecule has 0 amide bonds. The molecule has 0 spiro atoms. The molecule has 1 atom stereocenters. The molecule has 1 aliphatic heterocycles. The number of benzene rings is 1. The maximum absolute atomic E-state index is 6.10. The van der Waals surface area contributed by atoms with Crippen molar-refractivity contribution < 1.29 is 0 Å². The largest absolute Gasteiger partial charge is 0.382 e. The van der Waals surface area contributed by atoms with E-state index in [1.165, 1.54) is 19.4 Å². The fourth-order valence-electron chi connectivity index (χ4n) is 3.31. The highest BCUT2D eigenvalue weighted by atomic mass is 32.1. The summed E-state index contributed by atoms with van der Waals surface area (Å²) in [4.78, 5) is 15.1. The van der Waals surface area contributed by atoms with Crippen molar-refractivity contribution in [1.82, 2.24) is 19.9 Å². The predicted molar refractivity (Wildman–Crippen MR) is 95.7 cm³/mol. The lowest BCUT2D eigenvalue weighted by molar-refractivity contribution is 0.246. The number of imidazole rings is 1. The minimum atomic E-state index is 0. The van der Waals surface area contributed by atoms with Gasteiger partial charge in [-0.2, -0.15) is 13.5 Å². The molecular formula is C16H21N5S. The number of pyridine rings is 1. The number of aromatic nitrogens is 3. The van der Waals surface area contributed by atoms with Gasteiger partial charge in [0.25, 0.3) is 0 Å². The van der Waals surface area contributed by atoms with Crippen LogP contribution in [0, 0.1) is 0 Å². The zero-order valence-electron chi connectivity index (χ0n) is 12.6. The maximum atomic E-state index is 6.10. The van der Waals surface area contributed by atoms with Crippen molar-refractivity contribution in [2.45, 2.75) is 18.8 Å². The van der Waals surface area contributed by atoms with Crippen LogP contribution >= 0.6 is 13.5 Å². The van der Waals surface area contributed by atoms with E-state index < -0.39 is 0 Å². The Morgan fingerprint density at radius 1 is 1.27 bits per heavy atom. The van der Waals surface area contributed by atoms with E-state index in [-0.39, 0.29) is 13.5 Å². The van der Waals surface area contributed by atoms with E-state index in [2.05, 4.69) is 28.0 Å². The van der Waals surface area contributed by atoms with E-state index in [0.717, 1.165) is 34.3 Å². The third-order valence-corrected chi connectivity index (χ3v) is 4.39. The van der Waals surface area contributed by atoms with Gasteiger partial charge >= 0.3 is 0 Å². The molecular weight excluding hydrogens is 294 g/mol. The number of H-pyrrole nitrogens is 1. The Hall–Kier alpha value is -1.79. The normalized spacial score (nSPS) is 19.4. The van der Waals surface area contributed by atoms with E-state index in [1.807, 2.05) is 18.2 Å². The summed E-state index contributed by atoms with van der Waals surface area (Å²) in [6.45, 7) is 2.22. The molecule has 6 heteroatoms. The summed E-state index contributed by atoms with van der Waals surface area (Å²) >= 11 is 0. The standard InChI is InChI=1S/C16H19N5.H2S/c1-21-8-4-5-10(9-21)16-19-13-11-6-2-3-7-12(11)18-15(17)14(13)20-16;/h2-3,6-7,10H,4-5,8-9H2,1H3,(H2,17,18)(H,19,20);1H2/t10-;/m0./s1. The van der Waals surface area contributed by atoms with Gasteiger partial charge in [0.2, 0.25) is 0 Å². The van der Waals surface area contributed by atoms with Crippen LogP contribution in [0.5, 0.6) is 0 Å². The molecule has 3 aromatic rings. The van der Waals surface area contributed by atoms with Gasteiger partial charge in [-0.3, -0.25) is 0 Å². The van der Waals surface area contributed by atoms with E-state index >= 15 is 0 Å². The molecule has 3 heterocycles. The first kappa shape index (κ1) is 15.1. The molecule has 1 aromatic carbocycles. The molecule has 0 saturated carbocycles. The van der Waals surface area contributed by atoms with Crippen LogP contribution in [0.15, 0.2) is 24.3 Å². The van der Waals surface area contributed by atoms with E-state index in [4.69, 9.17) is 10.7 Å². The van der Waals surface area contributed by atoms with Crippen LogP contribution in [0.2, 0.25) is 0 Å². The molecule has 0 unspecified atom stereocenters. The first-order valence-electron chi connectivity index (χ1n) is 7.45. The van der Waals surface area contributed by atoms with Gasteiger partial charge in [0.15, 0.2) is 0 Å². The molecule has 2 aromatic heterocycles. The van der Waals surface area contributed by atoms with Crippen molar-refractivity contribution in [1.29, 1.82) is 0 Å². The van der Waals surface area contributed by atoms with Crippen molar-refractivity contribution in [3.63, 3.8) is 0 Å². The van der Waals surface area contributed by atoms with Crippen molar-refractivity contribution >= 4 is 41.2 Å². The number of anilines is 1. The van der Waals surface area contributed by atoms with Gasteiger partial charge in [0.05, 0.1) is 5.52 Å². The monoisotopic (exact) mass is 315 g/mol. The van der Waals surface area contributed by atoms with Gasteiger partial charge in [0, 0.05) is 17.8 Å². The minimum absolute atomic E-state index is 0. The molecule has 1 aliphatic rings. The number of rotatable bonds is 1. The highest BCUT2D eigenvalue weighted by Crippen LogP contribution is 2.30. The number of aromatic amines is 1. The molecule has 116 valence electrons. The molecule has 3 N–H and O–H groups in total. The number of nitrogens with zero attached hydrogens (tertiary/aromatic N) is 3. The zero-order valence-corrected chi connectivity index (χ0v) is 13.6. The van der Waals surface area contributed by atoms with E-state index in [0.29, 0.717) is 11.7 Å². The lowest BCUT2D eigenvalue weighted by Crippen LogP contribution is -2.31. The van der Waals surface area contributed by atoms with Gasteiger partial charge in [-0.25, -0.2) is 9.97 Å². The molecule has 0 aliphatic carbocycles. The van der Waals surface area contributed by atoms with Gasteiger partial charge in [0.1, 0.15) is 22.7 Å². The smallest absolute Gasteiger partial charge is 0.150 e. The molecule has 5 nitrogen and oxygen atoms in total. The number of fused-ring (bicyclic) bond motifs is 3. The number of nitrogens with one attached hydrogen (secondary N) is 1. The second kappa shape index (κ2) is 5.78. The lowest BCUT2D eigenvalue weighted by Gasteiger charge is -2.28. The van der Waals surface area contributed by atoms with Crippen LogP contribution < -0.4 is 5.73 Å². The van der Waals surface area contributed by atoms with Crippen LogP contribution in [-0.2, 0) is 0 Å². The van der Waals surface area contributed by atoms with Gasteiger partial charge < -0.3 is 15.6 Å². The third-order valence-electron chi connectivity index (χ3n) is 4.39. The first-order valence-corrected chi connectivity index (χ1v) is 7.45. The van der Waals surface area contributed by atoms with Crippen LogP contribution in [0.1, 0.15) is 24.6 Å². The number of para-hydroxylation sites is 1. The summed E-state index contributed by atoms with van der Waals surface area (Å²) in [5.74, 6) is 2.03. The average molecular weight is 315 g/mol. The topological polar surface area (TPSA) is 70.8 Å². The molecule has 0 radical (unpaired) electrons. The Kier molecular flexibility index (Phi) is 3.97. The molecule has 22 heavy (non-hydrogen) atoms. The number of nitrogen functional groups attached to an aromatic ring is 1. The van der Waals surface area contributed by atoms with Gasteiger partial charge in [-0.1, -0.05) is 18.2 Å². The SMILES string of the molecule is CN1CCC[C@H](c2nc3c([nH]2)c(N)nc2ccccc23)C1.S. The van der Waals surface area contributed by atoms with Crippen LogP contribution in [0.4, 0.5) is 5.82 Å². The number of hydrogen-bond acceptors (Lipinski definition) is 4. The predicted octanol–water partition coefficient (Wildman–Crippen LogP) is 2.62. The third kappa shape index (κ3) is 2.42. The van der Waals surface area contributed by atoms with Crippen molar-refractivity contribution in [2.24, 2.45) is 0 Å². The molecule has 4 rings (SSSR count). The second-order valence-electron chi connectivity index (χ2n) is 5.96. The van der Waals surface area contributed by atoms with Gasteiger partial charge in [-0.15, -0.1) is 0 Å². The van der Waals surface area contributed by atoms with Crippen molar-refractivity contribution in [2.75, 3.05) is 25.9 Å². The number of hydrogen-bond donors (Lipinski definition) is 2. The fraction of sp³-hybridized carbons (Fsp3) is 0.375. The minimum Gasteiger partial charge on any atom is -0.382 e.